The second-order valence-corrected chi connectivity index (χ2v) is 5.23. The summed E-state index contributed by atoms with van der Waals surface area (Å²) in [6, 6.07) is 5.65. The van der Waals surface area contributed by atoms with Crippen LogP contribution >= 0.6 is 0 Å². The number of piperidine rings is 1. The van der Waals surface area contributed by atoms with Crippen LogP contribution in [0.4, 0.5) is 5.69 Å². The molecule has 5 nitrogen and oxygen atoms in total. The summed E-state index contributed by atoms with van der Waals surface area (Å²) >= 11 is 0. The fourth-order valence-electron chi connectivity index (χ4n) is 2.63. The van der Waals surface area contributed by atoms with E-state index in [0.717, 1.165) is 24.1 Å². The molecule has 5 heteroatoms. The first kappa shape index (κ1) is 12.2. The summed E-state index contributed by atoms with van der Waals surface area (Å²) in [4.78, 5) is 25.5. The Balaban J connectivity index is 1.77. The van der Waals surface area contributed by atoms with E-state index >= 15 is 0 Å². The summed E-state index contributed by atoms with van der Waals surface area (Å²) in [5.74, 6) is 0.0133. The molecule has 1 saturated heterocycles. The quantitative estimate of drug-likeness (QED) is 0.781. The zero-order chi connectivity index (χ0) is 13.4. The Morgan fingerprint density at radius 2 is 2.05 bits per heavy atom. The first-order chi connectivity index (χ1) is 9.13. The fourth-order valence-corrected chi connectivity index (χ4v) is 2.63. The van der Waals surface area contributed by atoms with Gasteiger partial charge in [0.15, 0.2) is 0 Å². The molecule has 2 aliphatic rings. The first-order valence-corrected chi connectivity index (χ1v) is 6.61. The van der Waals surface area contributed by atoms with Crippen LogP contribution in [-0.4, -0.2) is 35.8 Å². The van der Waals surface area contributed by atoms with Gasteiger partial charge in [0.2, 0.25) is 5.91 Å². The van der Waals surface area contributed by atoms with Gasteiger partial charge in [-0.1, -0.05) is 6.07 Å². The second-order valence-electron chi connectivity index (χ2n) is 5.23. The summed E-state index contributed by atoms with van der Waals surface area (Å²) in [5, 5.41) is 2.77. The van der Waals surface area contributed by atoms with Crippen molar-refractivity contribution in [1.29, 1.82) is 0 Å². The molecule has 0 atom stereocenters. The maximum atomic E-state index is 12.4. The van der Waals surface area contributed by atoms with Crippen molar-refractivity contribution < 1.29 is 9.59 Å². The highest BCUT2D eigenvalue weighted by atomic mass is 16.2. The van der Waals surface area contributed by atoms with Crippen molar-refractivity contribution in [3.63, 3.8) is 0 Å². The van der Waals surface area contributed by atoms with Gasteiger partial charge in [0.25, 0.3) is 5.91 Å². The molecular formula is C14H17N3O2. The molecule has 19 heavy (non-hydrogen) atoms. The molecule has 3 rings (SSSR count). The van der Waals surface area contributed by atoms with Crippen molar-refractivity contribution in [2.45, 2.75) is 25.3 Å². The van der Waals surface area contributed by atoms with E-state index in [1.165, 1.54) is 0 Å². The minimum absolute atomic E-state index is 0.0106. The van der Waals surface area contributed by atoms with Gasteiger partial charge in [0.1, 0.15) is 0 Å². The maximum Gasteiger partial charge on any atom is 0.253 e. The number of hydrogen-bond donors (Lipinski definition) is 2. The Kier molecular flexibility index (Phi) is 2.98. The topological polar surface area (TPSA) is 75.4 Å². The standard InChI is InChI=1S/C14H17N3O2/c15-11-3-5-17(6-4-11)14(19)10-2-1-9-8-13(18)16-12(9)7-10/h1-2,7,11H,3-6,8,15H2,(H,16,18). The zero-order valence-corrected chi connectivity index (χ0v) is 10.7. The van der Waals surface area contributed by atoms with Gasteiger partial charge in [-0.15, -0.1) is 0 Å². The molecule has 1 aromatic carbocycles. The van der Waals surface area contributed by atoms with Crippen molar-refractivity contribution >= 4 is 17.5 Å². The van der Waals surface area contributed by atoms with Crippen LogP contribution in [0.2, 0.25) is 0 Å². The predicted octanol–water partition coefficient (Wildman–Crippen LogP) is 0.744. The maximum absolute atomic E-state index is 12.4. The van der Waals surface area contributed by atoms with Gasteiger partial charge in [-0.2, -0.15) is 0 Å². The van der Waals surface area contributed by atoms with Crippen molar-refractivity contribution in [2.24, 2.45) is 5.73 Å². The van der Waals surface area contributed by atoms with E-state index in [1.54, 1.807) is 12.1 Å². The largest absolute Gasteiger partial charge is 0.339 e. The Labute approximate surface area is 111 Å². The predicted molar refractivity (Wildman–Crippen MR) is 71.9 cm³/mol. The number of fused-ring (bicyclic) bond motifs is 1. The average molecular weight is 259 g/mol. The third-order valence-electron chi connectivity index (χ3n) is 3.81. The third-order valence-corrected chi connectivity index (χ3v) is 3.81. The highest BCUT2D eigenvalue weighted by Gasteiger charge is 2.24. The summed E-state index contributed by atoms with van der Waals surface area (Å²) < 4.78 is 0. The lowest BCUT2D eigenvalue weighted by molar-refractivity contribution is -0.115. The van der Waals surface area contributed by atoms with E-state index in [0.29, 0.717) is 25.1 Å². The van der Waals surface area contributed by atoms with Gasteiger partial charge in [0.05, 0.1) is 6.42 Å². The summed E-state index contributed by atoms with van der Waals surface area (Å²) in [6.45, 7) is 1.42. The fraction of sp³-hybridized carbons (Fsp3) is 0.429. The van der Waals surface area contributed by atoms with Crippen molar-refractivity contribution in [1.82, 2.24) is 4.90 Å². The minimum atomic E-state index is -0.0106. The molecule has 0 bridgehead atoms. The van der Waals surface area contributed by atoms with E-state index in [2.05, 4.69) is 5.32 Å². The lowest BCUT2D eigenvalue weighted by Gasteiger charge is -2.30. The van der Waals surface area contributed by atoms with Gasteiger partial charge in [-0.3, -0.25) is 9.59 Å². The number of rotatable bonds is 1. The third kappa shape index (κ3) is 2.33. The number of carbonyl (C=O) groups excluding carboxylic acids is 2. The van der Waals surface area contributed by atoms with Crippen molar-refractivity contribution in [2.75, 3.05) is 18.4 Å². The number of hydrogen-bond acceptors (Lipinski definition) is 3. The van der Waals surface area contributed by atoms with Gasteiger partial charge in [-0.05, 0) is 30.5 Å². The molecule has 0 spiro atoms. The SMILES string of the molecule is NC1CCN(C(=O)c2ccc3c(c2)NC(=O)C3)CC1. The van der Waals surface area contributed by atoms with E-state index in [1.807, 2.05) is 11.0 Å². The van der Waals surface area contributed by atoms with Gasteiger partial charge in [-0.25, -0.2) is 0 Å². The monoisotopic (exact) mass is 259 g/mol. The molecule has 1 fully saturated rings. The molecule has 2 aliphatic heterocycles. The molecule has 0 saturated carbocycles. The van der Waals surface area contributed by atoms with Crippen LogP contribution in [0.5, 0.6) is 0 Å². The van der Waals surface area contributed by atoms with Crippen LogP contribution in [0.1, 0.15) is 28.8 Å². The number of likely N-dealkylation sites (tertiary alicyclic amines) is 1. The van der Waals surface area contributed by atoms with E-state index in [-0.39, 0.29) is 17.9 Å². The van der Waals surface area contributed by atoms with E-state index in [9.17, 15) is 9.59 Å². The van der Waals surface area contributed by atoms with Crippen molar-refractivity contribution in [3.8, 4) is 0 Å². The van der Waals surface area contributed by atoms with Crippen LogP contribution < -0.4 is 11.1 Å². The number of nitrogens with two attached hydrogens (primary N) is 1. The molecule has 2 amide bonds. The number of amides is 2. The highest BCUT2D eigenvalue weighted by Crippen LogP contribution is 2.25. The molecule has 0 radical (unpaired) electrons. The molecular weight excluding hydrogens is 242 g/mol. The van der Waals surface area contributed by atoms with Gasteiger partial charge in [0, 0.05) is 30.4 Å². The zero-order valence-electron chi connectivity index (χ0n) is 10.7. The smallest absolute Gasteiger partial charge is 0.253 e. The molecule has 3 N–H and O–H groups in total. The Hall–Kier alpha value is -1.88. The Morgan fingerprint density at radius 1 is 1.32 bits per heavy atom. The first-order valence-electron chi connectivity index (χ1n) is 6.61. The number of benzene rings is 1. The summed E-state index contributed by atoms with van der Waals surface area (Å²) in [5.41, 5.74) is 8.20. The van der Waals surface area contributed by atoms with E-state index in [4.69, 9.17) is 5.73 Å². The van der Waals surface area contributed by atoms with Crippen LogP contribution in [0, 0.1) is 0 Å². The molecule has 1 aromatic rings. The lowest BCUT2D eigenvalue weighted by atomic mass is 10.0. The normalized spacial score (nSPS) is 19.2. The summed E-state index contributed by atoms with van der Waals surface area (Å²) in [7, 11) is 0. The van der Waals surface area contributed by atoms with Crippen molar-refractivity contribution in [3.05, 3.63) is 29.3 Å². The number of anilines is 1. The van der Waals surface area contributed by atoms with Crippen LogP contribution in [0.3, 0.4) is 0 Å². The number of nitrogens with one attached hydrogen (secondary N) is 1. The molecule has 100 valence electrons. The number of nitrogens with zero attached hydrogens (tertiary/aromatic N) is 1. The summed E-state index contributed by atoms with van der Waals surface area (Å²) in [6.07, 6.45) is 2.11. The number of carbonyl (C=O) groups is 2. The van der Waals surface area contributed by atoms with Gasteiger partial charge < -0.3 is 16.0 Å². The van der Waals surface area contributed by atoms with Gasteiger partial charge >= 0.3 is 0 Å². The Morgan fingerprint density at radius 3 is 2.79 bits per heavy atom. The van der Waals surface area contributed by atoms with Crippen LogP contribution in [0.15, 0.2) is 18.2 Å². The minimum Gasteiger partial charge on any atom is -0.339 e. The van der Waals surface area contributed by atoms with Crippen LogP contribution in [0.25, 0.3) is 0 Å². The average Bonchev–Trinajstić information content (AvgIpc) is 2.77. The van der Waals surface area contributed by atoms with Crippen LogP contribution in [-0.2, 0) is 11.2 Å². The molecule has 0 aromatic heterocycles. The van der Waals surface area contributed by atoms with E-state index < -0.39 is 0 Å². The molecule has 2 heterocycles. The lowest BCUT2D eigenvalue weighted by Crippen LogP contribution is -2.42. The second kappa shape index (κ2) is 4.66. The molecule has 0 aliphatic carbocycles. The molecule has 0 unspecified atom stereocenters. The Bertz CT molecular complexity index is 533. The highest BCUT2D eigenvalue weighted by molar-refractivity contribution is 6.02.